The first kappa shape index (κ1) is 14.9. The number of hydrogen-bond acceptors (Lipinski definition) is 3. The van der Waals surface area contributed by atoms with Crippen molar-refractivity contribution >= 4 is 22.8 Å². The molecule has 0 atom stereocenters. The Labute approximate surface area is 121 Å². The predicted octanol–water partition coefficient (Wildman–Crippen LogP) is -1.01. The first-order valence-corrected chi connectivity index (χ1v) is 6.28. The molecule has 2 aromatic heterocycles. The molecule has 0 aliphatic rings. The third-order valence-electron chi connectivity index (χ3n) is 2.51. The van der Waals surface area contributed by atoms with Crippen LogP contribution in [0.2, 0.25) is 0 Å². The van der Waals surface area contributed by atoms with Gasteiger partial charge in [0.1, 0.15) is 0 Å². The van der Waals surface area contributed by atoms with Gasteiger partial charge in [-0.2, -0.15) is 4.57 Å². The normalized spacial score (nSPS) is 9.67. The summed E-state index contributed by atoms with van der Waals surface area (Å²) in [4.78, 5) is 14.7. The number of rotatable bonds is 4. The minimum atomic E-state index is 0. The Morgan fingerprint density at radius 2 is 1.94 bits per heavy atom. The van der Waals surface area contributed by atoms with Crippen molar-refractivity contribution in [2.75, 3.05) is 19.0 Å². The molecule has 0 saturated heterocycles. The highest BCUT2D eigenvalue weighted by Gasteiger charge is 2.12. The van der Waals surface area contributed by atoms with Crippen molar-refractivity contribution < 1.29 is 26.3 Å². The number of anilines is 1. The van der Waals surface area contributed by atoms with Crippen LogP contribution < -0.4 is 26.4 Å². The van der Waals surface area contributed by atoms with Gasteiger partial charge in [-0.3, -0.25) is 4.79 Å². The summed E-state index contributed by atoms with van der Waals surface area (Å²) in [5, 5.41) is 1.92. The lowest BCUT2D eigenvalue weighted by molar-refractivity contribution is -0.683. The molecule has 0 N–H and O–H groups in total. The second kappa shape index (κ2) is 6.66. The Bertz CT molecular complexity index is 494. The summed E-state index contributed by atoms with van der Waals surface area (Å²) in [7, 11) is 3.99. The van der Waals surface area contributed by atoms with E-state index in [1.54, 1.807) is 0 Å². The molecule has 3 nitrogen and oxygen atoms in total. The van der Waals surface area contributed by atoms with Crippen molar-refractivity contribution in [2.45, 2.75) is 6.54 Å². The summed E-state index contributed by atoms with van der Waals surface area (Å²) in [6.07, 6.45) is 3.86. The minimum absolute atomic E-state index is 0. The van der Waals surface area contributed by atoms with Crippen molar-refractivity contribution in [1.29, 1.82) is 0 Å². The molecule has 18 heavy (non-hydrogen) atoms. The van der Waals surface area contributed by atoms with Gasteiger partial charge in [0, 0.05) is 31.9 Å². The van der Waals surface area contributed by atoms with Crippen LogP contribution in [-0.2, 0) is 6.54 Å². The SMILES string of the molecule is CN(C)c1cc[n+](CC(=O)c2cccs2)cc1.[Br-]. The molecule has 0 fully saturated rings. The molecule has 2 aromatic rings. The van der Waals surface area contributed by atoms with E-state index in [9.17, 15) is 4.79 Å². The van der Waals surface area contributed by atoms with Crippen LogP contribution >= 0.6 is 11.3 Å². The van der Waals surface area contributed by atoms with Crippen LogP contribution in [0, 0.1) is 0 Å². The lowest BCUT2D eigenvalue weighted by Gasteiger charge is -2.10. The van der Waals surface area contributed by atoms with E-state index in [2.05, 4.69) is 0 Å². The first-order valence-electron chi connectivity index (χ1n) is 5.40. The Hall–Kier alpha value is -1.20. The van der Waals surface area contributed by atoms with Gasteiger partial charge in [0.25, 0.3) is 0 Å². The fourth-order valence-corrected chi connectivity index (χ4v) is 2.19. The van der Waals surface area contributed by atoms with E-state index in [1.807, 2.05) is 65.6 Å². The van der Waals surface area contributed by atoms with Gasteiger partial charge in [-0.05, 0) is 11.4 Å². The van der Waals surface area contributed by atoms with E-state index in [-0.39, 0.29) is 22.8 Å². The zero-order chi connectivity index (χ0) is 12.3. The molecule has 2 heterocycles. The number of aromatic nitrogens is 1. The van der Waals surface area contributed by atoms with Crippen LogP contribution in [0.5, 0.6) is 0 Å². The summed E-state index contributed by atoms with van der Waals surface area (Å²) in [6.45, 7) is 0.397. The molecular formula is C13H15BrN2OS. The Balaban J connectivity index is 0.00000162. The van der Waals surface area contributed by atoms with Gasteiger partial charge in [0.05, 0.1) is 4.88 Å². The van der Waals surface area contributed by atoms with Crippen LogP contribution in [0.15, 0.2) is 42.0 Å². The Kier molecular flexibility index (Phi) is 5.50. The Morgan fingerprint density at radius 3 is 2.44 bits per heavy atom. The average Bonchev–Trinajstić information content (AvgIpc) is 2.83. The third-order valence-corrected chi connectivity index (χ3v) is 3.42. The largest absolute Gasteiger partial charge is 1.00 e. The molecule has 0 saturated carbocycles. The maximum Gasteiger partial charge on any atom is 0.237 e. The molecule has 0 bridgehead atoms. The van der Waals surface area contributed by atoms with Gasteiger partial charge in [-0.25, -0.2) is 0 Å². The molecule has 0 aliphatic carbocycles. The number of carbonyl (C=O) groups is 1. The van der Waals surface area contributed by atoms with Crippen molar-refractivity contribution in [1.82, 2.24) is 0 Å². The minimum Gasteiger partial charge on any atom is -1.00 e. The van der Waals surface area contributed by atoms with Crippen LogP contribution in [0.4, 0.5) is 5.69 Å². The molecule has 0 aliphatic heterocycles. The lowest BCUT2D eigenvalue weighted by Crippen LogP contribution is -3.00. The van der Waals surface area contributed by atoms with E-state index >= 15 is 0 Å². The van der Waals surface area contributed by atoms with Crippen LogP contribution in [0.25, 0.3) is 0 Å². The molecule has 0 radical (unpaired) electrons. The smallest absolute Gasteiger partial charge is 0.237 e. The van der Waals surface area contributed by atoms with E-state index in [0.29, 0.717) is 6.54 Å². The third kappa shape index (κ3) is 3.65. The number of thiophene rings is 1. The average molecular weight is 327 g/mol. The fraction of sp³-hybridized carbons (Fsp3) is 0.231. The van der Waals surface area contributed by atoms with Gasteiger partial charge in [0.2, 0.25) is 12.3 Å². The summed E-state index contributed by atoms with van der Waals surface area (Å²) in [6, 6.07) is 7.77. The zero-order valence-electron chi connectivity index (χ0n) is 10.3. The number of nitrogens with zero attached hydrogens (tertiary/aromatic N) is 2. The fourth-order valence-electron chi connectivity index (χ4n) is 1.53. The van der Waals surface area contributed by atoms with Crippen LogP contribution in [0.3, 0.4) is 0 Å². The van der Waals surface area contributed by atoms with E-state index in [0.717, 1.165) is 10.6 Å². The number of pyridine rings is 1. The van der Waals surface area contributed by atoms with Gasteiger partial charge < -0.3 is 21.9 Å². The first-order chi connectivity index (χ1) is 8.16. The number of carbonyl (C=O) groups excluding carboxylic acids is 1. The molecule has 5 heteroatoms. The molecule has 96 valence electrons. The number of halogens is 1. The summed E-state index contributed by atoms with van der Waals surface area (Å²) < 4.78 is 1.90. The van der Waals surface area contributed by atoms with Gasteiger partial charge in [0.15, 0.2) is 12.4 Å². The standard InChI is InChI=1S/C13H15N2OS.BrH/c1-14(2)11-5-7-15(8-6-11)10-12(16)13-4-3-9-17-13;/h3-9H,10H2,1-2H3;1H/q+1;/p-1. The molecular weight excluding hydrogens is 312 g/mol. The zero-order valence-corrected chi connectivity index (χ0v) is 12.7. The topological polar surface area (TPSA) is 24.2 Å². The number of Topliss-reactive ketones (excluding diaryl/α,β-unsaturated/α-hetero) is 1. The maximum absolute atomic E-state index is 11.9. The second-order valence-electron chi connectivity index (χ2n) is 4.02. The highest BCUT2D eigenvalue weighted by atomic mass is 79.9. The van der Waals surface area contributed by atoms with Gasteiger partial charge >= 0.3 is 0 Å². The van der Waals surface area contributed by atoms with Crippen LogP contribution in [0.1, 0.15) is 9.67 Å². The van der Waals surface area contributed by atoms with Gasteiger partial charge in [-0.15, -0.1) is 11.3 Å². The van der Waals surface area contributed by atoms with E-state index in [1.165, 1.54) is 11.3 Å². The van der Waals surface area contributed by atoms with E-state index < -0.39 is 0 Å². The predicted molar refractivity (Wildman–Crippen MR) is 69.6 cm³/mol. The maximum atomic E-state index is 11.9. The summed E-state index contributed by atoms with van der Waals surface area (Å²) >= 11 is 1.49. The molecule has 0 amide bonds. The highest BCUT2D eigenvalue weighted by Crippen LogP contribution is 2.10. The molecule has 2 rings (SSSR count). The van der Waals surface area contributed by atoms with E-state index in [4.69, 9.17) is 0 Å². The number of hydrogen-bond donors (Lipinski definition) is 0. The molecule has 0 spiro atoms. The van der Waals surface area contributed by atoms with Gasteiger partial charge in [-0.1, -0.05) is 6.07 Å². The molecule has 0 unspecified atom stereocenters. The second-order valence-corrected chi connectivity index (χ2v) is 4.97. The summed E-state index contributed by atoms with van der Waals surface area (Å²) in [5.41, 5.74) is 1.13. The quantitative estimate of drug-likeness (QED) is 0.531. The van der Waals surface area contributed by atoms with Crippen molar-refractivity contribution in [3.63, 3.8) is 0 Å². The van der Waals surface area contributed by atoms with Crippen molar-refractivity contribution in [3.8, 4) is 0 Å². The van der Waals surface area contributed by atoms with Crippen molar-refractivity contribution in [3.05, 3.63) is 46.9 Å². The monoisotopic (exact) mass is 326 g/mol. The van der Waals surface area contributed by atoms with Crippen molar-refractivity contribution in [2.24, 2.45) is 0 Å². The van der Waals surface area contributed by atoms with Crippen LogP contribution in [-0.4, -0.2) is 19.9 Å². The number of ketones is 1. The summed E-state index contributed by atoms with van der Waals surface area (Å²) in [5.74, 6) is 0.155. The Morgan fingerprint density at radius 1 is 1.28 bits per heavy atom. The lowest BCUT2D eigenvalue weighted by atomic mass is 10.3. The highest BCUT2D eigenvalue weighted by molar-refractivity contribution is 7.12. The molecule has 0 aromatic carbocycles.